The summed E-state index contributed by atoms with van der Waals surface area (Å²) in [7, 11) is 0. The Morgan fingerprint density at radius 3 is 2.00 bits per heavy atom. The molecule has 2 nitrogen and oxygen atoms in total. The van der Waals surface area contributed by atoms with Gasteiger partial charge in [0.15, 0.2) is 0 Å². The van der Waals surface area contributed by atoms with E-state index < -0.39 is 0 Å². The molecule has 2 rings (SSSR count). The van der Waals surface area contributed by atoms with Crippen LogP contribution in [0.15, 0.2) is 42.7 Å². The largest absolute Gasteiger partial charge is 0.256 e. The van der Waals surface area contributed by atoms with Crippen LogP contribution in [0.5, 0.6) is 0 Å². The van der Waals surface area contributed by atoms with E-state index in [1.165, 1.54) is 101 Å². The first-order chi connectivity index (χ1) is 13.8. The third-order valence-electron chi connectivity index (χ3n) is 5.79. The standard InChI is InChI=1S/C26H43N2/c1-3-5-7-8-9-10-11-12-16-20-26-27(21-17-6-4-2)22-23-28(26)24-25-18-14-13-15-19-25/h13-15,18-19,22-23H,3-12,16-17,20-21,24H2,1-2H3/q+1. The number of aryl methyl sites for hydroxylation is 1. The van der Waals surface area contributed by atoms with Gasteiger partial charge in [-0.3, -0.25) is 0 Å². The topological polar surface area (TPSA) is 8.81 Å². The molecule has 0 N–H and O–H groups in total. The highest BCUT2D eigenvalue weighted by molar-refractivity contribution is 5.13. The average molecular weight is 384 g/mol. The van der Waals surface area contributed by atoms with Crippen LogP contribution >= 0.6 is 0 Å². The maximum Gasteiger partial charge on any atom is 0.256 e. The van der Waals surface area contributed by atoms with Gasteiger partial charge in [-0.25, -0.2) is 9.13 Å². The number of benzene rings is 1. The summed E-state index contributed by atoms with van der Waals surface area (Å²) < 4.78 is 5.00. The molecule has 1 aromatic heterocycles. The molecule has 0 saturated heterocycles. The minimum Gasteiger partial charge on any atom is -0.234 e. The summed E-state index contributed by atoms with van der Waals surface area (Å²) in [6.07, 6.45) is 22.3. The van der Waals surface area contributed by atoms with Crippen molar-refractivity contribution in [2.24, 2.45) is 0 Å². The molecule has 2 aromatic rings. The van der Waals surface area contributed by atoms with E-state index in [9.17, 15) is 0 Å². The van der Waals surface area contributed by atoms with Gasteiger partial charge in [-0.1, -0.05) is 102 Å². The normalized spacial score (nSPS) is 11.2. The van der Waals surface area contributed by atoms with Gasteiger partial charge in [0.1, 0.15) is 18.9 Å². The summed E-state index contributed by atoms with van der Waals surface area (Å²) in [4.78, 5) is 0. The van der Waals surface area contributed by atoms with E-state index in [1.807, 2.05) is 0 Å². The van der Waals surface area contributed by atoms with Gasteiger partial charge in [-0.05, 0) is 24.8 Å². The van der Waals surface area contributed by atoms with Crippen molar-refractivity contribution < 1.29 is 4.57 Å². The maximum atomic E-state index is 2.52. The predicted octanol–water partition coefficient (Wildman–Crippen LogP) is 7.09. The zero-order chi connectivity index (χ0) is 19.9. The van der Waals surface area contributed by atoms with Crippen LogP contribution in [0.2, 0.25) is 0 Å². The third kappa shape index (κ3) is 8.63. The van der Waals surface area contributed by atoms with E-state index >= 15 is 0 Å². The molecule has 2 heteroatoms. The highest BCUT2D eigenvalue weighted by Crippen LogP contribution is 2.12. The molecule has 0 aliphatic carbocycles. The SMILES string of the molecule is CCCCCCCCCCCc1n(CCCCC)cc[n+]1Cc1ccccc1. The Balaban J connectivity index is 1.82. The number of nitrogens with zero attached hydrogens (tertiary/aromatic N) is 2. The first-order valence-electron chi connectivity index (χ1n) is 12.0. The summed E-state index contributed by atoms with van der Waals surface area (Å²) >= 11 is 0. The number of hydrogen-bond donors (Lipinski definition) is 0. The number of imidazole rings is 1. The summed E-state index contributed by atoms with van der Waals surface area (Å²) in [5.41, 5.74) is 1.40. The monoisotopic (exact) mass is 383 g/mol. The number of hydrogen-bond acceptors (Lipinski definition) is 0. The highest BCUT2D eigenvalue weighted by Gasteiger charge is 2.16. The first-order valence-corrected chi connectivity index (χ1v) is 12.0. The lowest BCUT2D eigenvalue weighted by atomic mass is 10.1. The second kappa shape index (κ2) is 14.4. The fraction of sp³-hybridized carbons (Fsp3) is 0.654. The van der Waals surface area contributed by atoms with Gasteiger partial charge in [-0.15, -0.1) is 0 Å². The fourth-order valence-corrected chi connectivity index (χ4v) is 4.04. The van der Waals surface area contributed by atoms with Crippen LogP contribution in [0.4, 0.5) is 0 Å². The molecule has 1 aromatic carbocycles. The van der Waals surface area contributed by atoms with Crippen LogP contribution in [0, 0.1) is 0 Å². The lowest BCUT2D eigenvalue weighted by Crippen LogP contribution is -2.37. The number of aromatic nitrogens is 2. The van der Waals surface area contributed by atoms with E-state index in [2.05, 4.69) is 65.7 Å². The average Bonchev–Trinajstić information content (AvgIpc) is 3.09. The molecule has 0 unspecified atom stereocenters. The van der Waals surface area contributed by atoms with Crippen molar-refractivity contribution in [2.75, 3.05) is 0 Å². The second-order valence-corrected chi connectivity index (χ2v) is 8.31. The molecule has 0 aliphatic rings. The maximum absolute atomic E-state index is 2.52. The molecule has 0 bridgehead atoms. The number of unbranched alkanes of at least 4 members (excludes halogenated alkanes) is 10. The van der Waals surface area contributed by atoms with E-state index in [0.717, 1.165) is 6.54 Å². The van der Waals surface area contributed by atoms with Crippen LogP contribution in [-0.2, 0) is 19.5 Å². The smallest absolute Gasteiger partial charge is 0.234 e. The molecule has 156 valence electrons. The molecule has 28 heavy (non-hydrogen) atoms. The molecule has 0 atom stereocenters. The van der Waals surface area contributed by atoms with Crippen LogP contribution in [0.25, 0.3) is 0 Å². The van der Waals surface area contributed by atoms with E-state index in [1.54, 1.807) is 0 Å². The van der Waals surface area contributed by atoms with Crippen molar-refractivity contribution in [1.82, 2.24) is 4.57 Å². The van der Waals surface area contributed by atoms with Crippen LogP contribution in [0.1, 0.15) is 102 Å². The van der Waals surface area contributed by atoms with E-state index in [0.29, 0.717) is 0 Å². The molecule has 0 aliphatic heterocycles. The molecule has 0 fully saturated rings. The van der Waals surface area contributed by atoms with E-state index in [-0.39, 0.29) is 0 Å². The van der Waals surface area contributed by atoms with Crippen molar-refractivity contribution in [3.63, 3.8) is 0 Å². The Morgan fingerprint density at radius 1 is 0.714 bits per heavy atom. The summed E-state index contributed by atoms with van der Waals surface area (Å²) in [6.45, 7) is 6.74. The zero-order valence-corrected chi connectivity index (χ0v) is 18.5. The zero-order valence-electron chi connectivity index (χ0n) is 18.5. The Bertz CT molecular complexity index is 615. The third-order valence-corrected chi connectivity index (χ3v) is 5.79. The number of rotatable bonds is 16. The minimum absolute atomic E-state index is 0.994. The summed E-state index contributed by atoms with van der Waals surface area (Å²) in [5.74, 6) is 1.52. The Hall–Kier alpha value is -1.57. The van der Waals surface area contributed by atoms with Gasteiger partial charge >= 0.3 is 0 Å². The fourth-order valence-electron chi connectivity index (χ4n) is 4.04. The van der Waals surface area contributed by atoms with Crippen LogP contribution in [0.3, 0.4) is 0 Å². The minimum atomic E-state index is 0.994. The molecule has 0 saturated carbocycles. The first kappa shape index (κ1) is 22.7. The quantitative estimate of drug-likeness (QED) is 0.216. The molecule has 0 amide bonds. The van der Waals surface area contributed by atoms with Gasteiger partial charge in [0.25, 0.3) is 5.82 Å². The Labute approximate surface area is 174 Å². The Morgan fingerprint density at radius 2 is 1.32 bits per heavy atom. The predicted molar refractivity (Wildman–Crippen MR) is 121 cm³/mol. The lowest BCUT2D eigenvalue weighted by molar-refractivity contribution is -0.695. The van der Waals surface area contributed by atoms with Gasteiger partial charge < -0.3 is 0 Å². The van der Waals surface area contributed by atoms with Gasteiger partial charge in [-0.2, -0.15) is 0 Å². The van der Waals surface area contributed by atoms with Crippen molar-refractivity contribution in [3.05, 3.63) is 54.1 Å². The Kier molecular flexibility index (Phi) is 11.7. The van der Waals surface area contributed by atoms with Gasteiger partial charge in [0.2, 0.25) is 0 Å². The van der Waals surface area contributed by atoms with Crippen LogP contribution in [-0.4, -0.2) is 4.57 Å². The molecule has 1 heterocycles. The highest BCUT2D eigenvalue weighted by atomic mass is 15.1. The van der Waals surface area contributed by atoms with Gasteiger partial charge in [0, 0.05) is 6.42 Å². The molecule has 0 spiro atoms. The van der Waals surface area contributed by atoms with E-state index in [4.69, 9.17) is 0 Å². The van der Waals surface area contributed by atoms with Crippen molar-refractivity contribution in [1.29, 1.82) is 0 Å². The summed E-state index contributed by atoms with van der Waals surface area (Å²) in [5, 5.41) is 0. The summed E-state index contributed by atoms with van der Waals surface area (Å²) in [6, 6.07) is 10.9. The van der Waals surface area contributed by atoms with Crippen molar-refractivity contribution >= 4 is 0 Å². The van der Waals surface area contributed by atoms with Crippen molar-refractivity contribution in [2.45, 2.75) is 110 Å². The van der Waals surface area contributed by atoms with Crippen LogP contribution < -0.4 is 4.57 Å². The molecular formula is C26H43N2+. The van der Waals surface area contributed by atoms with Gasteiger partial charge in [0.05, 0.1) is 6.54 Å². The second-order valence-electron chi connectivity index (χ2n) is 8.31. The molecule has 0 radical (unpaired) electrons. The molecular weight excluding hydrogens is 340 g/mol. The lowest BCUT2D eigenvalue weighted by Gasteiger charge is -2.06. The van der Waals surface area contributed by atoms with Crippen molar-refractivity contribution in [3.8, 4) is 0 Å².